The van der Waals surface area contributed by atoms with Gasteiger partial charge in [-0.2, -0.15) is 0 Å². The standard InChI is InChI=1S/C14H23NO2/c1-10(2)14(16,9-15)8-12-7-11(3)5-6-13(12)17-4/h5-7,10,16H,8-9,15H2,1-4H3. The van der Waals surface area contributed by atoms with E-state index in [4.69, 9.17) is 10.5 Å². The van der Waals surface area contributed by atoms with Gasteiger partial charge < -0.3 is 15.6 Å². The highest BCUT2D eigenvalue weighted by molar-refractivity contribution is 5.38. The Hall–Kier alpha value is -1.06. The van der Waals surface area contributed by atoms with Crippen molar-refractivity contribution in [3.05, 3.63) is 29.3 Å². The van der Waals surface area contributed by atoms with Gasteiger partial charge >= 0.3 is 0 Å². The highest BCUT2D eigenvalue weighted by Crippen LogP contribution is 2.27. The molecular weight excluding hydrogens is 214 g/mol. The Labute approximate surface area is 104 Å². The van der Waals surface area contributed by atoms with E-state index in [0.717, 1.165) is 16.9 Å². The van der Waals surface area contributed by atoms with Crippen molar-refractivity contribution in [1.82, 2.24) is 0 Å². The molecule has 0 saturated carbocycles. The van der Waals surface area contributed by atoms with Crippen molar-refractivity contribution in [3.63, 3.8) is 0 Å². The van der Waals surface area contributed by atoms with E-state index < -0.39 is 5.60 Å². The van der Waals surface area contributed by atoms with Crippen LogP contribution in [0.2, 0.25) is 0 Å². The highest BCUT2D eigenvalue weighted by Gasteiger charge is 2.30. The molecule has 17 heavy (non-hydrogen) atoms. The molecule has 1 atom stereocenters. The first-order chi connectivity index (χ1) is 7.92. The first-order valence-corrected chi connectivity index (χ1v) is 5.99. The minimum Gasteiger partial charge on any atom is -0.496 e. The van der Waals surface area contributed by atoms with Gasteiger partial charge in [-0.05, 0) is 24.5 Å². The molecule has 0 aliphatic rings. The zero-order valence-electron chi connectivity index (χ0n) is 11.2. The van der Waals surface area contributed by atoms with Crippen molar-refractivity contribution in [3.8, 4) is 5.75 Å². The Balaban J connectivity index is 3.04. The third kappa shape index (κ3) is 3.20. The van der Waals surface area contributed by atoms with E-state index in [1.165, 1.54) is 0 Å². The monoisotopic (exact) mass is 237 g/mol. The largest absolute Gasteiger partial charge is 0.496 e. The van der Waals surface area contributed by atoms with Gasteiger partial charge in [-0.25, -0.2) is 0 Å². The number of hydrogen-bond donors (Lipinski definition) is 2. The van der Waals surface area contributed by atoms with Crippen LogP contribution in [0.3, 0.4) is 0 Å². The van der Waals surface area contributed by atoms with Crippen molar-refractivity contribution >= 4 is 0 Å². The van der Waals surface area contributed by atoms with E-state index in [2.05, 4.69) is 0 Å². The second-order valence-corrected chi connectivity index (χ2v) is 4.95. The summed E-state index contributed by atoms with van der Waals surface area (Å²) in [4.78, 5) is 0. The minimum absolute atomic E-state index is 0.109. The normalized spacial score (nSPS) is 14.8. The van der Waals surface area contributed by atoms with Gasteiger partial charge in [-0.3, -0.25) is 0 Å². The molecule has 0 spiro atoms. The molecular formula is C14H23NO2. The maximum absolute atomic E-state index is 10.5. The molecule has 0 heterocycles. The Morgan fingerprint density at radius 1 is 1.41 bits per heavy atom. The second-order valence-electron chi connectivity index (χ2n) is 4.95. The van der Waals surface area contributed by atoms with Gasteiger partial charge in [0.05, 0.1) is 12.7 Å². The average Bonchev–Trinajstić information content (AvgIpc) is 2.29. The number of ether oxygens (including phenoxy) is 1. The predicted octanol–water partition coefficient (Wildman–Crippen LogP) is 1.89. The number of rotatable bonds is 5. The van der Waals surface area contributed by atoms with Gasteiger partial charge in [0.15, 0.2) is 0 Å². The third-order valence-electron chi connectivity index (χ3n) is 3.36. The summed E-state index contributed by atoms with van der Waals surface area (Å²) >= 11 is 0. The lowest BCUT2D eigenvalue weighted by Crippen LogP contribution is -2.44. The predicted molar refractivity (Wildman–Crippen MR) is 70.3 cm³/mol. The van der Waals surface area contributed by atoms with Gasteiger partial charge in [0, 0.05) is 13.0 Å². The molecule has 1 rings (SSSR count). The molecule has 0 bridgehead atoms. The first kappa shape index (κ1) is 14.0. The Morgan fingerprint density at radius 3 is 2.53 bits per heavy atom. The van der Waals surface area contributed by atoms with Crippen LogP contribution in [-0.2, 0) is 6.42 Å². The van der Waals surface area contributed by atoms with E-state index in [1.807, 2.05) is 39.0 Å². The number of methoxy groups -OCH3 is 1. The van der Waals surface area contributed by atoms with Gasteiger partial charge in [0.2, 0.25) is 0 Å². The van der Waals surface area contributed by atoms with Crippen LogP contribution in [0.4, 0.5) is 0 Å². The third-order valence-corrected chi connectivity index (χ3v) is 3.36. The Morgan fingerprint density at radius 2 is 2.06 bits per heavy atom. The minimum atomic E-state index is -0.874. The van der Waals surface area contributed by atoms with Crippen molar-refractivity contribution in [2.45, 2.75) is 32.8 Å². The van der Waals surface area contributed by atoms with Crippen molar-refractivity contribution in [1.29, 1.82) is 0 Å². The summed E-state index contributed by atoms with van der Waals surface area (Å²) in [5, 5.41) is 10.5. The number of aliphatic hydroxyl groups is 1. The molecule has 3 N–H and O–H groups in total. The lowest BCUT2D eigenvalue weighted by Gasteiger charge is -2.31. The van der Waals surface area contributed by atoms with Crippen LogP contribution in [0.1, 0.15) is 25.0 Å². The van der Waals surface area contributed by atoms with Crippen LogP contribution < -0.4 is 10.5 Å². The molecule has 0 aliphatic heterocycles. The highest BCUT2D eigenvalue weighted by atomic mass is 16.5. The maximum atomic E-state index is 10.5. The zero-order valence-corrected chi connectivity index (χ0v) is 11.2. The molecule has 0 radical (unpaired) electrons. The van der Waals surface area contributed by atoms with E-state index in [0.29, 0.717) is 6.42 Å². The first-order valence-electron chi connectivity index (χ1n) is 5.99. The van der Waals surface area contributed by atoms with Crippen LogP contribution in [-0.4, -0.2) is 24.4 Å². The fraction of sp³-hybridized carbons (Fsp3) is 0.571. The summed E-state index contributed by atoms with van der Waals surface area (Å²) in [5.41, 5.74) is 6.99. The lowest BCUT2D eigenvalue weighted by molar-refractivity contribution is 0.00362. The van der Waals surface area contributed by atoms with Crippen LogP contribution in [0.15, 0.2) is 18.2 Å². The number of hydrogen-bond acceptors (Lipinski definition) is 3. The summed E-state index contributed by atoms with van der Waals surface area (Å²) < 4.78 is 5.32. The molecule has 1 aromatic carbocycles. The SMILES string of the molecule is COc1ccc(C)cc1CC(O)(CN)C(C)C. The number of nitrogens with two attached hydrogens (primary N) is 1. The van der Waals surface area contributed by atoms with Crippen LogP contribution in [0.5, 0.6) is 5.75 Å². The van der Waals surface area contributed by atoms with E-state index in [9.17, 15) is 5.11 Å². The zero-order chi connectivity index (χ0) is 13.1. The molecule has 0 aromatic heterocycles. The fourth-order valence-corrected chi connectivity index (χ4v) is 1.89. The van der Waals surface area contributed by atoms with Gasteiger partial charge in [-0.15, -0.1) is 0 Å². The van der Waals surface area contributed by atoms with Gasteiger partial charge in [0.25, 0.3) is 0 Å². The molecule has 0 fully saturated rings. The van der Waals surface area contributed by atoms with Crippen molar-refractivity contribution < 1.29 is 9.84 Å². The van der Waals surface area contributed by atoms with Crippen LogP contribution in [0.25, 0.3) is 0 Å². The van der Waals surface area contributed by atoms with Gasteiger partial charge in [-0.1, -0.05) is 31.5 Å². The van der Waals surface area contributed by atoms with Gasteiger partial charge in [0.1, 0.15) is 5.75 Å². The second kappa shape index (κ2) is 5.52. The summed E-state index contributed by atoms with van der Waals surface area (Å²) in [6.45, 7) is 6.24. The molecule has 3 nitrogen and oxygen atoms in total. The molecule has 1 aromatic rings. The van der Waals surface area contributed by atoms with Crippen molar-refractivity contribution in [2.75, 3.05) is 13.7 Å². The molecule has 0 aliphatic carbocycles. The molecule has 1 unspecified atom stereocenters. The van der Waals surface area contributed by atoms with Crippen LogP contribution >= 0.6 is 0 Å². The quantitative estimate of drug-likeness (QED) is 0.822. The van der Waals surface area contributed by atoms with E-state index in [1.54, 1.807) is 7.11 Å². The Kier molecular flexibility index (Phi) is 4.54. The smallest absolute Gasteiger partial charge is 0.122 e. The fourth-order valence-electron chi connectivity index (χ4n) is 1.89. The summed E-state index contributed by atoms with van der Waals surface area (Å²) in [5.74, 6) is 0.917. The summed E-state index contributed by atoms with van der Waals surface area (Å²) in [6.07, 6.45) is 0.520. The molecule has 3 heteroatoms. The Bertz CT molecular complexity index is 376. The summed E-state index contributed by atoms with van der Waals surface area (Å²) in [6, 6.07) is 5.98. The van der Waals surface area contributed by atoms with Crippen LogP contribution in [0, 0.1) is 12.8 Å². The molecule has 96 valence electrons. The van der Waals surface area contributed by atoms with E-state index >= 15 is 0 Å². The van der Waals surface area contributed by atoms with E-state index in [-0.39, 0.29) is 12.5 Å². The number of aryl methyl sites for hydroxylation is 1. The lowest BCUT2D eigenvalue weighted by atomic mass is 9.84. The maximum Gasteiger partial charge on any atom is 0.122 e. The molecule has 0 amide bonds. The topological polar surface area (TPSA) is 55.5 Å². The van der Waals surface area contributed by atoms with Crippen molar-refractivity contribution in [2.24, 2.45) is 11.7 Å². The average molecular weight is 237 g/mol. The molecule has 0 saturated heterocycles. The number of benzene rings is 1. The summed E-state index contributed by atoms with van der Waals surface area (Å²) in [7, 11) is 1.64.